The molecule has 0 heterocycles. The number of carbonyl (C=O) groups excluding carboxylic acids is 2. The lowest BCUT2D eigenvalue weighted by atomic mass is 10.3. The Kier molecular flexibility index (Phi) is 6.68. The second kappa shape index (κ2) is 7.25. The molecule has 0 aliphatic heterocycles. The largest absolute Gasteiger partial charge is 0.466 e. The van der Waals surface area contributed by atoms with E-state index >= 15 is 0 Å². The zero-order valence-electron chi connectivity index (χ0n) is 6.84. The Morgan fingerprint density at radius 2 is 2.27 bits per heavy atom. The first-order valence-corrected chi connectivity index (χ1v) is 3.90. The molecule has 3 nitrogen and oxygen atoms in total. The summed E-state index contributed by atoms with van der Waals surface area (Å²) in [7, 11) is 0. The molecule has 0 aromatic rings. The van der Waals surface area contributed by atoms with E-state index in [1.165, 1.54) is 0 Å². The van der Waals surface area contributed by atoms with E-state index < -0.39 is 0 Å². The van der Waals surface area contributed by atoms with Gasteiger partial charge in [0.25, 0.3) is 0 Å². The van der Waals surface area contributed by atoms with Gasteiger partial charge >= 0.3 is 5.97 Å². The minimum atomic E-state index is -0.273. The fraction of sp³-hybridized carbons (Fsp3) is 0.750. The zero-order valence-corrected chi connectivity index (χ0v) is 6.84. The lowest BCUT2D eigenvalue weighted by Gasteiger charge is -2.00. The highest BCUT2D eigenvalue weighted by Gasteiger charge is 1.99. The van der Waals surface area contributed by atoms with Gasteiger partial charge < -0.3 is 9.53 Å². The van der Waals surface area contributed by atoms with Crippen LogP contribution in [0.4, 0.5) is 0 Å². The van der Waals surface area contributed by atoms with Gasteiger partial charge in [-0.3, -0.25) is 4.79 Å². The molecular weight excluding hydrogens is 144 g/mol. The van der Waals surface area contributed by atoms with Crippen LogP contribution in [0.1, 0.15) is 32.6 Å². The summed E-state index contributed by atoms with van der Waals surface area (Å²) in [6.07, 6.45) is 3.12. The fourth-order valence-corrected chi connectivity index (χ4v) is 0.579. The van der Waals surface area contributed by atoms with Gasteiger partial charge in [0.2, 0.25) is 0 Å². The van der Waals surface area contributed by atoms with E-state index in [2.05, 4.69) is 0 Å². The molecule has 0 spiro atoms. The number of carbonyl (C=O) groups is 2. The van der Waals surface area contributed by atoms with E-state index in [4.69, 9.17) is 4.74 Å². The van der Waals surface area contributed by atoms with Crippen LogP contribution in [0.5, 0.6) is 0 Å². The quantitative estimate of drug-likeness (QED) is 0.332. The molecule has 0 radical (unpaired) electrons. The smallest absolute Gasteiger partial charge is 0.306 e. The highest BCUT2D eigenvalue weighted by atomic mass is 16.5. The molecule has 0 atom stereocenters. The van der Waals surface area contributed by atoms with Crippen molar-refractivity contribution < 1.29 is 14.3 Å². The second-order valence-corrected chi connectivity index (χ2v) is 2.28. The molecule has 64 valence electrons. The van der Waals surface area contributed by atoms with Gasteiger partial charge in [-0.05, 0) is 6.42 Å². The van der Waals surface area contributed by atoms with Crippen LogP contribution in [-0.4, -0.2) is 18.9 Å². The van der Waals surface area contributed by atoms with E-state index in [-0.39, 0.29) is 18.8 Å². The van der Waals surface area contributed by atoms with Crippen LogP contribution in [0.25, 0.3) is 0 Å². The van der Waals surface area contributed by atoms with Gasteiger partial charge in [-0.2, -0.15) is 0 Å². The molecule has 0 aliphatic rings. The number of hydrogen-bond donors (Lipinski definition) is 0. The molecule has 0 aromatic carbocycles. The molecular formula is C8H14O3. The summed E-state index contributed by atoms with van der Waals surface area (Å²) in [5, 5.41) is 0. The van der Waals surface area contributed by atoms with Crippen LogP contribution in [0, 0.1) is 0 Å². The average molecular weight is 158 g/mol. The number of hydrogen-bond acceptors (Lipinski definition) is 3. The van der Waals surface area contributed by atoms with Crippen molar-refractivity contribution in [2.75, 3.05) is 6.61 Å². The molecule has 11 heavy (non-hydrogen) atoms. The number of unbranched alkanes of at least 4 members (excludes halogenated alkanes) is 1. The van der Waals surface area contributed by atoms with Crippen LogP contribution >= 0.6 is 0 Å². The van der Waals surface area contributed by atoms with Gasteiger partial charge in [0, 0.05) is 6.42 Å². The first-order valence-electron chi connectivity index (χ1n) is 3.90. The molecule has 0 rings (SSSR count). The van der Waals surface area contributed by atoms with Gasteiger partial charge in [-0.15, -0.1) is 0 Å². The maximum atomic E-state index is 10.7. The molecule has 0 N–H and O–H groups in total. The van der Waals surface area contributed by atoms with Crippen LogP contribution in [0.3, 0.4) is 0 Å². The normalized spacial score (nSPS) is 9.18. The Hall–Kier alpha value is -0.860. The molecule has 0 amide bonds. The lowest BCUT2D eigenvalue weighted by Crippen LogP contribution is -2.05. The Balaban J connectivity index is 3.15. The first-order chi connectivity index (χ1) is 5.31. The minimum Gasteiger partial charge on any atom is -0.466 e. The number of esters is 1. The number of aldehydes is 1. The van der Waals surface area contributed by atoms with E-state index in [0.717, 1.165) is 19.1 Å². The third-order valence-corrected chi connectivity index (χ3v) is 1.23. The Bertz CT molecular complexity index is 121. The maximum absolute atomic E-state index is 10.7. The van der Waals surface area contributed by atoms with E-state index in [1.54, 1.807) is 0 Å². The van der Waals surface area contributed by atoms with Gasteiger partial charge in [0.15, 0.2) is 0 Å². The standard InChI is InChI=1S/C8H14O3/c1-2-3-7-11-8(10)5-4-6-9/h6H,2-5,7H2,1H3. The summed E-state index contributed by atoms with van der Waals surface area (Å²) in [6.45, 7) is 2.51. The van der Waals surface area contributed by atoms with Crippen LogP contribution in [0.15, 0.2) is 0 Å². The van der Waals surface area contributed by atoms with Crippen molar-refractivity contribution in [3.8, 4) is 0 Å². The monoisotopic (exact) mass is 158 g/mol. The van der Waals surface area contributed by atoms with Crippen molar-refractivity contribution >= 4 is 12.3 Å². The summed E-state index contributed by atoms with van der Waals surface area (Å²) in [5.74, 6) is -0.273. The molecule has 0 fully saturated rings. The summed E-state index contributed by atoms with van der Waals surface area (Å²) >= 11 is 0. The van der Waals surface area contributed by atoms with Crippen LogP contribution in [-0.2, 0) is 14.3 Å². The molecule has 0 aromatic heterocycles. The molecule has 0 bridgehead atoms. The molecule has 0 saturated carbocycles. The summed E-state index contributed by atoms with van der Waals surface area (Å²) in [4.78, 5) is 20.5. The maximum Gasteiger partial charge on any atom is 0.306 e. The number of ether oxygens (including phenoxy) is 1. The minimum absolute atomic E-state index is 0.215. The SMILES string of the molecule is CCCCOC(=O)CCC=O. The summed E-state index contributed by atoms with van der Waals surface area (Å²) in [6, 6.07) is 0. The predicted octanol–water partition coefficient (Wildman–Crippen LogP) is 1.31. The molecule has 0 saturated heterocycles. The molecule has 0 aliphatic carbocycles. The van der Waals surface area contributed by atoms with Crippen molar-refractivity contribution in [1.29, 1.82) is 0 Å². The lowest BCUT2D eigenvalue weighted by molar-refractivity contribution is -0.144. The van der Waals surface area contributed by atoms with Crippen LogP contribution < -0.4 is 0 Å². The Morgan fingerprint density at radius 3 is 2.82 bits per heavy atom. The topological polar surface area (TPSA) is 43.4 Å². The molecule has 3 heteroatoms. The highest BCUT2D eigenvalue weighted by molar-refractivity contribution is 5.72. The van der Waals surface area contributed by atoms with Crippen molar-refractivity contribution in [3.63, 3.8) is 0 Å². The Morgan fingerprint density at radius 1 is 1.55 bits per heavy atom. The average Bonchev–Trinajstić information content (AvgIpc) is 2.01. The van der Waals surface area contributed by atoms with Crippen molar-refractivity contribution in [1.82, 2.24) is 0 Å². The fourth-order valence-electron chi connectivity index (χ4n) is 0.579. The van der Waals surface area contributed by atoms with Crippen molar-refractivity contribution in [2.45, 2.75) is 32.6 Å². The summed E-state index contributed by atoms with van der Waals surface area (Å²) < 4.78 is 4.79. The zero-order chi connectivity index (χ0) is 8.53. The van der Waals surface area contributed by atoms with E-state index in [9.17, 15) is 9.59 Å². The third-order valence-electron chi connectivity index (χ3n) is 1.23. The van der Waals surface area contributed by atoms with Gasteiger partial charge in [0.05, 0.1) is 13.0 Å². The number of rotatable bonds is 6. The van der Waals surface area contributed by atoms with Gasteiger partial charge in [0.1, 0.15) is 6.29 Å². The van der Waals surface area contributed by atoms with Gasteiger partial charge in [-0.1, -0.05) is 13.3 Å². The third kappa shape index (κ3) is 7.03. The molecule has 0 unspecified atom stereocenters. The van der Waals surface area contributed by atoms with Crippen LogP contribution in [0.2, 0.25) is 0 Å². The first kappa shape index (κ1) is 10.1. The Labute approximate surface area is 66.7 Å². The van der Waals surface area contributed by atoms with Gasteiger partial charge in [-0.25, -0.2) is 0 Å². The predicted molar refractivity (Wildman–Crippen MR) is 41.2 cm³/mol. The van der Waals surface area contributed by atoms with Crippen molar-refractivity contribution in [2.24, 2.45) is 0 Å². The van der Waals surface area contributed by atoms with E-state index in [1.807, 2.05) is 6.92 Å². The van der Waals surface area contributed by atoms with Crippen molar-refractivity contribution in [3.05, 3.63) is 0 Å². The van der Waals surface area contributed by atoms with E-state index in [0.29, 0.717) is 6.61 Å². The summed E-state index contributed by atoms with van der Waals surface area (Å²) in [5.41, 5.74) is 0. The second-order valence-electron chi connectivity index (χ2n) is 2.28. The highest BCUT2D eigenvalue weighted by Crippen LogP contribution is 1.93.